The third kappa shape index (κ3) is 9.00. The van der Waals surface area contributed by atoms with Gasteiger partial charge in [0, 0.05) is 18.6 Å². The Kier molecular flexibility index (Phi) is 11.9. The fourth-order valence-corrected chi connectivity index (χ4v) is 5.30. The summed E-state index contributed by atoms with van der Waals surface area (Å²) in [4.78, 5) is 13.4. The van der Waals surface area contributed by atoms with Gasteiger partial charge < -0.3 is 15.0 Å². The van der Waals surface area contributed by atoms with Gasteiger partial charge in [0.1, 0.15) is 0 Å². The molecule has 0 aliphatic heterocycles. The molecule has 0 N–H and O–H groups in total. The molecule has 0 amide bonds. The van der Waals surface area contributed by atoms with Crippen LogP contribution in [0.4, 0.5) is 0 Å². The molecule has 49 heavy (non-hydrogen) atoms. The normalized spacial score (nSPS) is 10.6. The van der Waals surface area contributed by atoms with Crippen molar-refractivity contribution < 1.29 is 20.1 Å². The van der Waals surface area contributed by atoms with Gasteiger partial charge in [-0.3, -0.25) is 0 Å². The molecule has 8 aromatic rings. The van der Waals surface area contributed by atoms with E-state index in [1.807, 2.05) is 128 Å². The number of nitrogens with zero attached hydrogens (tertiary/aromatic N) is 3. The summed E-state index contributed by atoms with van der Waals surface area (Å²) in [5.41, 5.74) is 7.52. The first-order valence-corrected chi connectivity index (χ1v) is 16.0. The molecule has 3 nitrogen and oxygen atoms in total. The van der Waals surface area contributed by atoms with Gasteiger partial charge in [0.15, 0.2) is 0 Å². The van der Waals surface area contributed by atoms with Crippen LogP contribution < -0.4 is 0 Å². The minimum Gasteiger partial charge on any atom is -0.304 e. The van der Waals surface area contributed by atoms with Crippen LogP contribution in [0.25, 0.3) is 55.3 Å². The van der Waals surface area contributed by atoms with Crippen LogP contribution in [-0.2, 0) is 25.5 Å². The van der Waals surface area contributed by atoms with Gasteiger partial charge in [0.25, 0.3) is 0 Å². The van der Waals surface area contributed by atoms with Crippen LogP contribution in [0.1, 0.15) is 26.3 Å². The maximum atomic E-state index is 4.48. The van der Waals surface area contributed by atoms with E-state index < -0.39 is 0 Å². The van der Waals surface area contributed by atoms with Crippen molar-refractivity contribution in [1.29, 1.82) is 0 Å². The predicted octanol–water partition coefficient (Wildman–Crippen LogP) is 11.2. The molecule has 0 radical (unpaired) electrons. The topological polar surface area (TPSA) is 38.7 Å². The zero-order valence-electron chi connectivity index (χ0n) is 27.8. The number of rotatable bonds is 3. The van der Waals surface area contributed by atoms with Gasteiger partial charge in [-0.25, -0.2) is 0 Å². The third-order valence-electron chi connectivity index (χ3n) is 7.89. The van der Waals surface area contributed by atoms with Crippen LogP contribution in [0.15, 0.2) is 164 Å². The molecule has 0 fully saturated rings. The van der Waals surface area contributed by atoms with E-state index in [0.717, 1.165) is 33.8 Å². The van der Waals surface area contributed by atoms with Gasteiger partial charge in [0.2, 0.25) is 0 Å². The van der Waals surface area contributed by atoms with Crippen LogP contribution in [0.3, 0.4) is 0 Å². The average molecular weight is 811 g/mol. The quantitative estimate of drug-likeness (QED) is 0.167. The van der Waals surface area contributed by atoms with E-state index in [0.29, 0.717) is 0 Å². The SMILES string of the molecule is CC(C)(C)c1ccc(-c2[c-]cccc2)nc1.[Ir+3].[c-]1ccccc1-c1nccc2ccccc12.[c-]1ccccc1-c1nccc2ccccc12. The molecule has 0 aliphatic carbocycles. The Morgan fingerprint density at radius 3 is 1.31 bits per heavy atom. The maximum absolute atomic E-state index is 4.48. The summed E-state index contributed by atoms with van der Waals surface area (Å²) >= 11 is 0. The van der Waals surface area contributed by atoms with Crippen molar-refractivity contribution in [2.75, 3.05) is 0 Å². The number of aromatic nitrogens is 3. The molecule has 0 bridgehead atoms. The van der Waals surface area contributed by atoms with Gasteiger partial charge in [-0.05, 0) is 61.7 Å². The molecular formula is C45H36IrN3. The second kappa shape index (κ2) is 16.7. The summed E-state index contributed by atoms with van der Waals surface area (Å²) in [5, 5.41) is 4.77. The number of pyridine rings is 3. The smallest absolute Gasteiger partial charge is 0.304 e. The van der Waals surface area contributed by atoms with E-state index in [1.54, 1.807) is 0 Å². The van der Waals surface area contributed by atoms with E-state index in [2.05, 4.69) is 90.3 Å². The third-order valence-corrected chi connectivity index (χ3v) is 7.89. The number of fused-ring (bicyclic) bond motifs is 2. The van der Waals surface area contributed by atoms with Crippen molar-refractivity contribution in [3.05, 3.63) is 188 Å². The van der Waals surface area contributed by atoms with E-state index >= 15 is 0 Å². The summed E-state index contributed by atoms with van der Waals surface area (Å²) in [5.74, 6) is 0. The molecular weight excluding hydrogens is 775 g/mol. The van der Waals surface area contributed by atoms with Gasteiger partial charge in [-0.15, -0.1) is 108 Å². The van der Waals surface area contributed by atoms with Crippen molar-refractivity contribution in [2.24, 2.45) is 0 Å². The molecule has 0 spiro atoms. The van der Waals surface area contributed by atoms with Gasteiger partial charge >= 0.3 is 20.1 Å². The van der Waals surface area contributed by atoms with Crippen molar-refractivity contribution in [3.8, 4) is 33.8 Å². The van der Waals surface area contributed by atoms with E-state index in [4.69, 9.17) is 0 Å². The maximum Gasteiger partial charge on any atom is 3.00 e. The zero-order valence-corrected chi connectivity index (χ0v) is 30.2. The van der Waals surface area contributed by atoms with Crippen molar-refractivity contribution >= 4 is 21.5 Å². The Bertz CT molecular complexity index is 2070. The van der Waals surface area contributed by atoms with E-state index in [-0.39, 0.29) is 25.5 Å². The van der Waals surface area contributed by atoms with Crippen molar-refractivity contribution in [2.45, 2.75) is 26.2 Å². The fourth-order valence-electron chi connectivity index (χ4n) is 5.30. The van der Waals surface area contributed by atoms with Crippen molar-refractivity contribution in [3.63, 3.8) is 0 Å². The summed E-state index contributed by atoms with van der Waals surface area (Å²) < 4.78 is 0. The second-order valence-corrected chi connectivity index (χ2v) is 12.3. The summed E-state index contributed by atoms with van der Waals surface area (Å²) in [6.45, 7) is 6.58. The molecule has 4 heteroatoms. The first kappa shape index (κ1) is 35.0. The van der Waals surface area contributed by atoms with Gasteiger partial charge in [-0.2, -0.15) is 0 Å². The molecule has 0 saturated carbocycles. The van der Waals surface area contributed by atoms with Crippen molar-refractivity contribution in [1.82, 2.24) is 15.0 Å². The minimum absolute atomic E-state index is 0. The number of hydrogen-bond donors (Lipinski definition) is 0. The average Bonchev–Trinajstić information content (AvgIpc) is 3.16. The zero-order chi connectivity index (χ0) is 33.2. The summed E-state index contributed by atoms with van der Waals surface area (Å²) in [6.07, 6.45) is 5.65. The van der Waals surface area contributed by atoms with Crippen LogP contribution in [0, 0.1) is 18.2 Å². The molecule has 5 aromatic carbocycles. The van der Waals surface area contributed by atoms with Crippen LogP contribution >= 0.6 is 0 Å². The monoisotopic (exact) mass is 811 g/mol. The molecule has 3 aromatic heterocycles. The molecule has 0 unspecified atom stereocenters. The largest absolute Gasteiger partial charge is 3.00 e. The van der Waals surface area contributed by atoms with Crippen LogP contribution in [0.2, 0.25) is 0 Å². The predicted molar refractivity (Wildman–Crippen MR) is 199 cm³/mol. The Morgan fingerprint density at radius 2 is 0.898 bits per heavy atom. The Hall–Kier alpha value is -5.28. The van der Waals surface area contributed by atoms with E-state index in [1.165, 1.54) is 27.1 Å². The number of benzene rings is 5. The first-order chi connectivity index (χ1) is 23.5. The Labute approximate surface area is 303 Å². The second-order valence-electron chi connectivity index (χ2n) is 12.3. The molecule has 240 valence electrons. The van der Waals surface area contributed by atoms with Crippen LogP contribution in [-0.4, -0.2) is 15.0 Å². The first-order valence-electron chi connectivity index (χ1n) is 16.0. The van der Waals surface area contributed by atoms with Gasteiger partial charge in [-0.1, -0.05) is 81.4 Å². The number of hydrogen-bond acceptors (Lipinski definition) is 3. The van der Waals surface area contributed by atoms with E-state index in [9.17, 15) is 0 Å². The fraction of sp³-hybridized carbons (Fsp3) is 0.0889. The minimum atomic E-state index is 0. The Balaban J connectivity index is 0.000000142. The standard InChI is InChI=1S/2C15H10N.C15H16N.Ir/c2*1-2-7-13(8-3-1)15-14-9-5-4-6-12(14)10-11-16-15;1-15(2,3)13-9-10-14(16-11-13)12-7-5-4-6-8-12;/h2*1-7,9-11H;4-7,9-11H,1-3H3;/q3*-1;+3. The molecule has 0 atom stereocenters. The summed E-state index contributed by atoms with van der Waals surface area (Å²) in [7, 11) is 0. The summed E-state index contributed by atoms with van der Waals surface area (Å²) in [6, 6.07) is 58.2. The molecule has 8 rings (SSSR count). The van der Waals surface area contributed by atoms with Crippen LogP contribution in [0.5, 0.6) is 0 Å². The van der Waals surface area contributed by atoms with Gasteiger partial charge in [0.05, 0.1) is 0 Å². The molecule has 0 aliphatic rings. The molecule has 3 heterocycles. The molecule has 0 saturated heterocycles. The Morgan fingerprint density at radius 1 is 0.449 bits per heavy atom.